The molecule has 0 bridgehead atoms. The summed E-state index contributed by atoms with van der Waals surface area (Å²) >= 11 is 0. The van der Waals surface area contributed by atoms with E-state index in [1.54, 1.807) is 19.1 Å². The molecule has 0 saturated carbocycles. The molecule has 1 aliphatic rings. The van der Waals surface area contributed by atoms with Crippen molar-refractivity contribution >= 4 is 13.6 Å². The fourth-order valence-electron chi connectivity index (χ4n) is 3.28. The van der Waals surface area contributed by atoms with E-state index >= 15 is 0 Å². The summed E-state index contributed by atoms with van der Waals surface area (Å²) in [6.45, 7) is 6.14. The Morgan fingerprint density at radius 3 is 2.33 bits per heavy atom. The number of benzene rings is 1. The van der Waals surface area contributed by atoms with Crippen LogP contribution in [0, 0.1) is 0 Å². The predicted octanol–water partition coefficient (Wildman–Crippen LogP) is 4.88. The second-order valence-corrected chi connectivity index (χ2v) is 7.66. The van der Waals surface area contributed by atoms with Gasteiger partial charge in [-0.1, -0.05) is 44.9 Å². The van der Waals surface area contributed by atoms with Crippen molar-refractivity contribution in [3.8, 4) is 0 Å². The fraction of sp³-hybridized carbons (Fsp3) is 0.562. The Morgan fingerprint density at radius 1 is 1.14 bits per heavy atom. The first-order valence-corrected chi connectivity index (χ1v) is 9.17. The lowest BCUT2D eigenvalue weighted by molar-refractivity contribution is 0.0652. The number of rotatable bonds is 6. The summed E-state index contributed by atoms with van der Waals surface area (Å²) in [6.07, 6.45) is 3.07. The minimum absolute atomic E-state index is 0.266. The van der Waals surface area contributed by atoms with Crippen LogP contribution in [0.15, 0.2) is 24.3 Å². The van der Waals surface area contributed by atoms with Crippen molar-refractivity contribution < 1.29 is 18.4 Å². The molecule has 1 heterocycles. The normalized spacial score (nSPS) is 23.5. The second kappa shape index (κ2) is 6.33. The smallest absolute Gasteiger partial charge is 0.387 e. The molecule has 0 amide bonds. The molecule has 5 heteroatoms. The zero-order valence-corrected chi connectivity index (χ0v) is 13.8. The molecule has 1 unspecified atom stereocenters. The fourth-order valence-corrected chi connectivity index (χ4v) is 5.89. The first-order valence-electron chi connectivity index (χ1n) is 7.62. The van der Waals surface area contributed by atoms with Crippen LogP contribution < -0.4 is 0 Å². The van der Waals surface area contributed by atoms with Crippen molar-refractivity contribution in [1.29, 1.82) is 0 Å². The van der Waals surface area contributed by atoms with Crippen LogP contribution in [0.5, 0.6) is 0 Å². The molecule has 0 aromatic heterocycles. The van der Waals surface area contributed by atoms with Gasteiger partial charge in [-0.3, -0.25) is 4.52 Å². The molecule has 1 aromatic rings. The molecule has 0 aliphatic carbocycles. The Kier molecular flexibility index (Phi) is 4.90. The first-order chi connectivity index (χ1) is 10.0. The Balaban J connectivity index is 2.69. The average Bonchev–Trinajstić information content (AvgIpc) is 2.46. The van der Waals surface area contributed by atoms with Gasteiger partial charge < -0.3 is 4.52 Å². The van der Waals surface area contributed by atoms with E-state index in [4.69, 9.17) is 9.05 Å². The molecule has 0 radical (unpaired) electrons. The Hall–Kier alpha value is -1.12. The van der Waals surface area contributed by atoms with E-state index in [1.807, 2.05) is 26.0 Å². The standard InChI is InChI=1S/C16H23O4P/c1-4-11-16(12-5-2)14-10-8-7-9-13(14)15(17)20-21(16,18)19-6-3/h7-10H,4-6,11-12H2,1-3H3. The van der Waals surface area contributed by atoms with Gasteiger partial charge in [0, 0.05) is 0 Å². The van der Waals surface area contributed by atoms with Crippen molar-refractivity contribution in [1.82, 2.24) is 0 Å². The van der Waals surface area contributed by atoms with Gasteiger partial charge in [0.05, 0.1) is 12.2 Å². The molecule has 1 atom stereocenters. The van der Waals surface area contributed by atoms with E-state index in [2.05, 4.69) is 0 Å². The minimum atomic E-state index is -3.53. The zero-order valence-electron chi connectivity index (χ0n) is 12.9. The van der Waals surface area contributed by atoms with Crippen LogP contribution in [0.1, 0.15) is 62.4 Å². The lowest BCUT2D eigenvalue weighted by Crippen LogP contribution is -2.35. The molecular formula is C16H23O4P. The number of hydrogen-bond acceptors (Lipinski definition) is 4. The molecule has 0 N–H and O–H groups in total. The average molecular weight is 310 g/mol. The van der Waals surface area contributed by atoms with Crippen LogP contribution in [0.25, 0.3) is 0 Å². The quantitative estimate of drug-likeness (QED) is 0.702. The van der Waals surface area contributed by atoms with E-state index in [9.17, 15) is 9.36 Å². The van der Waals surface area contributed by atoms with Gasteiger partial charge in [-0.05, 0) is 31.4 Å². The van der Waals surface area contributed by atoms with Gasteiger partial charge in [0.2, 0.25) is 0 Å². The second-order valence-electron chi connectivity index (χ2n) is 5.37. The van der Waals surface area contributed by atoms with Gasteiger partial charge in [-0.15, -0.1) is 0 Å². The van der Waals surface area contributed by atoms with E-state index in [0.717, 1.165) is 18.4 Å². The van der Waals surface area contributed by atoms with Crippen molar-refractivity contribution in [3.63, 3.8) is 0 Å². The molecule has 0 saturated heterocycles. The zero-order chi connectivity index (χ0) is 15.5. The molecule has 0 fully saturated rings. The Bertz CT molecular complexity index is 561. The summed E-state index contributed by atoms with van der Waals surface area (Å²) in [4.78, 5) is 12.2. The van der Waals surface area contributed by atoms with E-state index < -0.39 is 18.7 Å². The maximum Gasteiger partial charge on any atom is 0.392 e. The molecular weight excluding hydrogens is 287 g/mol. The van der Waals surface area contributed by atoms with Crippen LogP contribution in [0.2, 0.25) is 0 Å². The van der Waals surface area contributed by atoms with Crippen molar-refractivity contribution in [3.05, 3.63) is 35.4 Å². The lowest BCUT2D eigenvalue weighted by atomic mass is 9.86. The van der Waals surface area contributed by atoms with Crippen LogP contribution in [0.4, 0.5) is 0 Å². The van der Waals surface area contributed by atoms with Gasteiger partial charge in [-0.25, -0.2) is 9.36 Å². The number of carbonyl (C=O) groups excluding carboxylic acids is 1. The molecule has 0 spiro atoms. The highest BCUT2D eigenvalue weighted by atomic mass is 31.2. The maximum absolute atomic E-state index is 13.4. The van der Waals surface area contributed by atoms with Crippen LogP contribution >= 0.6 is 7.60 Å². The molecule has 2 rings (SSSR count). The molecule has 116 valence electrons. The number of hydrogen-bond donors (Lipinski definition) is 0. The lowest BCUT2D eigenvalue weighted by Gasteiger charge is -2.42. The first kappa shape index (κ1) is 16.3. The third kappa shape index (κ3) is 2.56. The highest BCUT2D eigenvalue weighted by molar-refractivity contribution is 7.56. The maximum atomic E-state index is 13.4. The van der Waals surface area contributed by atoms with E-state index in [0.29, 0.717) is 18.4 Å². The Labute approximate surface area is 126 Å². The number of fused-ring (bicyclic) bond motifs is 1. The van der Waals surface area contributed by atoms with Gasteiger partial charge in [0.25, 0.3) is 0 Å². The van der Waals surface area contributed by atoms with Crippen LogP contribution in [-0.4, -0.2) is 12.6 Å². The SMILES string of the molecule is CCCC1(CCC)c2ccccc2C(=O)OP1(=O)OCC. The van der Waals surface area contributed by atoms with Crippen molar-refractivity contribution in [2.45, 2.75) is 51.6 Å². The summed E-state index contributed by atoms with van der Waals surface area (Å²) < 4.78 is 24.3. The monoisotopic (exact) mass is 310 g/mol. The van der Waals surface area contributed by atoms with Crippen LogP contribution in [0.3, 0.4) is 0 Å². The van der Waals surface area contributed by atoms with E-state index in [1.165, 1.54) is 0 Å². The highest BCUT2D eigenvalue weighted by Gasteiger charge is 2.57. The van der Waals surface area contributed by atoms with Gasteiger partial charge in [-0.2, -0.15) is 0 Å². The summed E-state index contributed by atoms with van der Waals surface area (Å²) in [7, 11) is -3.53. The molecule has 1 aliphatic heterocycles. The third-order valence-corrected chi connectivity index (χ3v) is 6.74. The topological polar surface area (TPSA) is 52.6 Å². The van der Waals surface area contributed by atoms with Crippen molar-refractivity contribution in [2.75, 3.05) is 6.61 Å². The van der Waals surface area contributed by atoms with Gasteiger partial charge >= 0.3 is 13.6 Å². The summed E-state index contributed by atoms with van der Waals surface area (Å²) in [6, 6.07) is 7.33. The largest absolute Gasteiger partial charge is 0.392 e. The third-order valence-electron chi connectivity index (χ3n) is 4.00. The minimum Gasteiger partial charge on any atom is -0.387 e. The van der Waals surface area contributed by atoms with Crippen molar-refractivity contribution in [2.24, 2.45) is 0 Å². The van der Waals surface area contributed by atoms with Gasteiger partial charge in [0.1, 0.15) is 5.16 Å². The number of carbonyl (C=O) groups is 1. The Morgan fingerprint density at radius 2 is 1.76 bits per heavy atom. The molecule has 1 aromatic carbocycles. The summed E-state index contributed by atoms with van der Waals surface area (Å²) in [5, 5.41) is -0.711. The molecule has 4 nitrogen and oxygen atoms in total. The molecule has 21 heavy (non-hydrogen) atoms. The highest BCUT2D eigenvalue weighted by Crippen LogP contribution is 2.71. The predicted molar refractivity (Wildman–Crippen MR) is 82.6 cm³/mol. The summed E-state index contributed by atoms with van der Waals surface area (Å²) in [5.41, 5.74) is 1.34. The van der Waals surface area contributed by atoms with Crippen LogP contribution in [-0.2, 0) is 18.8 Å². The van der Waals surface area contributed by atoms with Gasteiger partial charge in [0.15, 0.2) is 0 Å². The van der Waals surface area contributed by atoms with E-state index in [-0.39, 0.29) is 6.61 Å². The summed E-state index contributed by atoms with van der Waals surface area (Å²) in [5.74, 6) is -0.537.